The average molecular weight is 389 g/mol. The molecule has 2 N–H and O–H groups in total. The summed E-state index contributed by atoms with van der Waals surface area (Å²) in [6.07, 6.45) is -1.11. The van der Waals surface area contributed by atoms with Crippen LogP contribution < -0.4 is 19.5 Å². The second kappa shape index (κ2) is 10.1. The second-order valence-electron chi connectivity index (χ2n) is 5.78. The fourth-order valence-electron chi connectivity index (χ4n) is 2.72. The Bertz CT molecular complexity index is 808. The summed E-state index contributed by atoms with van der Waals surface area (Å²) in [5.41, 5.74) is 1.25. The summed E-state index contributed by atoms with van der Waals surface area (Å²) in [5, 5.41) is 11.8. The Hall–Kier alpha value is -3.42. The number of carbonyl (C=O) groups is 2. The zero-order chi connectivity index (χ0) is 20.5. The van der Waals surface area contributed by atoms with Gasteiger partial charge in [0, 0.05) is 5.56 Å². The predicted octanol–water partition coefficient (Wildman–Crippen LogP) is 3.15. The van der Waals surface area contributed by atoms with Gasteiger partial charge in [-0.05, 0) is 17.7 Å². The quantitative estimate of drug-likeness (QED) is 0.679. The number of benzene rings is 2. The van der Waals surface area contributed by atoms with E-state index < -0.39 is 18.1 Å². The second-order valence-corrected chi connectivity index (χ2v) is 5.78. The molecule has 2 aromatic rings. The van der Waals surface area contributed by atoms with E-state index in [2.05, 4.69) is 5.32 Å². The first-order valence-corrected chi connectivity index (χ1v) is 8.48. The Morgan fingerprint density at radius 2 is 1.64 bits per heavy atom. The number of aliphatic carboxylic acids is 1. The van der Waals surface area contributed by atoms with Crippen molar-refractivity contribution in [1.29, 1.82) is 0 Å². The van der Waals surface area contributed by atoms with Crippen LogP contribution in [0.2, 0.25) is 0 Å². The van der Waals surface area contributed by atoms with Crippen LogP contribution in [0.25, 0.3) is 0 Å². The molecule has 0 fully saturated rings. The zero-order valence-corrected chi connectivity index (χ0v) is 15.9. The van der Waals surface area contributed by atoms with Gasteiger partial charge in [0.25, 0.3) is 0 Å². The summed E-state index contributed by atoms with van der Waals surface area (Å²) in [5.74, 6) is -0.0946. The van der Waals surface area contributed by atoms with Gasteiger partial charge < -0.3 is 29.4 Å². The van der Waals surface area contributed by atoms with Gasteiger partial charge in [0.2, 0.25) is 5.75 Å². The van der Waals surface area contributed by atoms with Gasteiger partial charge in [-0.25, -0.2) is 4.79 Å². The molecular weight excluding hydrogens is 366 g/mol. The third-order valence-corrected chi connectivity index (χ3v) is 3.99. The third kappa shape index (κ3) is 5.29. The van der Waals surface area contributed by atoms with Crippen molar-refractivity contribution in [3.05, 3.63) is 53.6 Å². The van der Waals surface area contributed by atoms with Crippen LogP contribution in [0.3, 0.4) is 0 Å². The fourth-order valence-corrected chi connectivity index (χ4v) is 2.72. The van der Waals surface area contributed by atoms with Crippen molar-refractivity contribution in [2.45, 2.75) is 19.1 Å². The van der Waals surface area contributed by atoms with Gasteiger partial charge in [-0.15, -0.1) is 0 Å². The van der Waals surface area contributed by atoms with E-state index in [4.69, 9.17) is 18.9 Å². The Morgan fingerprint density at radius 1 is 0.964 bits per heavy atom. The number of hydrogen-bond acceptors (Lipinski definition) is 6. The van der Waals surface area contributed by atoms with Crippen molar-refractivity contribution in [3.63, 3.8) is 0 Å². The molecule has 0 spiro atoms. The van der Waals surface area contributed by atoms with Crippen molar-refractivity contribution < 1.29 is 33.6 Å². The van der Waals surface area contributed by atoms with Crippen LogP contribution >= 0.6 is 0 Å². The number of nitrogens with one attached hydrogen (secondary N) is 1. The van der Waals surface area contributed by atoms with Crippen molar-refractivity contribution in [2.24, 2.45) is 0 Å². The van der Waals surface area contributed by atoms with E-state index in [1.165, 1.54) is 21.3 Å². The maximum atomic E-state index is 12.2. The highest BCUT2D eigenvalue weighted by Crippen LogP contribution is 2.42. The number of carboxylic acids is 1. The molecule has 1 amide bonds. The maximum absolute atomic E-state index is 12.2. The smallest absolute Gasteiger partial charge is 0.407 e. The molecule has 0 saturated heterocycles. The van der Waals surface area contributed by atoms with Crippen LogP contribution in [-0.4, -0.2) is 38.5 Å². The Morgan fingerprint density at radius 3 is 2.21 bits per heavy atom. The van der Waals surface area contributed by atoms with Crippen molar-refractivity contribution >= 4 is 12.1 Å². The molecule has 0 aliphatic heterocycles. The zero-order valence-electron chi connectivity index (χ0n) is 15.9. The van der Waals surface area contributed by atoms with Crippen molar-refractivity contribution in [2.75, 3.05) is 21.3 Å². The van der Waals surface area contributed by atoms with E-state index in [1.54, 1.807) is 12.1 Å². The molecule has 0 saturated carbocycles. The summed E-state index contributed by atoms with van der Waals surface area (Å²) in [6.45, 7) is 0.0650. The maximum Gasteiger partial charge on any atom is 0.407 e. The standard InChI is InChI=1S/C20H23NO7/c1-25-16-10-9-14(18(26-2)19(16)27-3)15(11-17(22)23)21-20(24)28-12-13-7-5-4-6-8-13/h4-10,15H,11-12H2,1-3H3,(H,21,24)(H,22,23). The molecule has 0 aliphatic rings. The molecule has 1 atom stereocenters. The molecular formula is C20H23NO7. The first-order valence-electron chi connectivity index (χ1n) is 8.48. The van der Waals surface area contributed by atoms with E-state index in [0.717, 1.165) is 5.56 Å². The van der Waals surface area contributed by atoms with Crippen LogP contribution in [0.5, 0.6) is 17.2 Å². The fraction of sp³-hybridized carbons (Fsp3) is 0.300. The third-order valence-electron chi connectivity index (χ3n) is 3.99. The minimum Gasteiger partial charge on any atom is -0.493 e. The highest BCUT2D eigenvalue weighted by atomic mass is 16.5. The first kappa shape index (κ1) is 20.9. The number of carbonyl (C=O) groups excluding carboxylic acids is 1. The van der Waals surface area contributed by atoms with E-state index >= 15 is 0 Å². The molecule has 2 rings (SSSR count). The van der Waals surface area contributed by atoms with Gasteiger partial charge in [0.1, 0.15) is 6.61 Å². The number of amides is 1. The van der Waals surface area contributed by atoms with E-state index in [-0.39, 0.29) is 18.8 Å². The number of carboxylic acid groups (broad SMARTS) is 1. The van der Waals surface area contributed by atoms with Crippen molar-refractivity contribution in [1.82, 2.24) is 5.32 Å². The number of hydrogen-bond donors (Lipinski definition) is 2. The number of alkyl carbamates (subject to hydrolysis) is 1. The monoisotopic (exact) mass is 389 g/mol. The summed E-state index contributed by atoms with van der Waals surface area (Å²) in [4.78, 5) is 23.6. The largest absolute Gasteiger partial charge is 0.493 e. The van der Waals surface area contributed by atoms with Crippen LogP contribution in [0.15, 0.2) is 42.5 Å². The van der Waals surface area contributed by atoms with Gasteiger partial charge in [-0.3, -0.25) is 4.79 Å². The molecule has 0 aliphatic carbocycles. The van der Waals surface area contributed by atoms with Gasteiger partial charge in [0.05, 0.1) is 33.8 Å². The number of methoxy groups -OCH3 is 3. The summed E-state index contributed by atoms with van der Waals surface area (Å²) >= 11 is 0. The number of ether oxygens (including phenoxy) is 4. The van der Waals surface area contributed by atoms with Gasteiger partial charge in [-0.1, -0.05) is 30.3 Å². The summed E-state index contributed by atoms with van der Waals surface area (Å²) in [6, 6.07) is 11.5. The van der Waals surface area contributed by atoms with Crippen LogP contribution in [0.1, 0.15) is 23.6 Å². The lowest BCUT2D eigenvalue weighted by molar-refractivity contribution is -0.137. The molecule has 1 unspecified atom stereocenters. The van der Waals surface area contributed by atoms with Crippen LogP contribution in [0.4, 0.5) is 4.79 Å². The van der Waals surface area contributed by atoms with Crippen LogP contribution in [0, 0.1) is 0 Å². The van der Waals surface area contributed by atoms with E-state index in [1.807, 2.05) is 30.3 Å². The normalized spacial score (nSPS) is 11.2. The Kier molecular flexibility index (Phi) is 7.50. The van der Waals surface area contributed by atoms with Gasteiger partial charge in [0.15, 0.2) is 11.5 Å². The first-order chi connectivity index (χ1) is 13.5. The van der Waals surface area contributed by atoms with Gasteiger partial charge >= 0.3 is 12.1 Å². The molecule has 0 bridgehead atoms. The predicted molar refractivity (Wildman–Crippen MR) is 101 cm³/mol. The molecule has 0 heterocycles. The van der Waals surface area contributed by atoms with Crippen LogP contribution in [-0.2, 0) is 16.1 Å². The molecule has 0 aromatic heterocycles. The number of rotatable bonds is 9. The average Bonchev–Trinajstić information content (AvgIpc) is 2.70. The minimum absolute atomic E-state index is 0.0650. The van der Waals surface area contributed by atoms with E-state index in [0.29, 0.717) is 17.1 Å². The lowest BCUT2D eigenvalue weighted by atomic mass is 10.0. The highest BCUT2D eigenvalue weighted by molar-refractivity contribution is 5.73. The lowest BCUT2D eigenvalue weighted by Crippen LogP contribution is -2.31. The molecule has 8 nitrogen and oxygen atoms in total. The SMILES string of the molecule is COc1ccc(C(CC(=O)O)NC(=O)OCc2ccccc2)c(OC)c1OC. The molecule has 28 heavy (non-hydrogen) atoms. The van der Waals surface area contributed by atoms with Crippen molar-refractivity contribution in [3.8, 4) is 17.2 Å². The minimum atomic E-state index is -1.09. The van der Waals surface area contributed by atoms with E-state index in [9.17, 15) is 14.7 Å². The molecule has 8 heteroatoms. The molecule has 150 valence electrons. The molecule has 2 aromatic carbocycles. The lowest BCUT2D eigenvalue weighted by Gasteiger charge is -2.22. The summed E-state index contributed by atoms with van der Waals surface area (Å²) in [7, 11) is 4.34. The Balaban J connectivity index is 2.23. The highest BCUT2D eigenvalue weighted by Gasteiger charge is 2.26. The Labute approximate surface area is 163 Å². The molecule has 0 radical (unpaired) electrons. The summed E-state index contributed by atoms with van der Waals surface area (Å²) < 4.78 is 21.1. The van der Waals surface area contributed by atoms with Gasteiger partial charge in [-0.2, -0.15) is 0 Å². The topological polar surface area (TPSA) is 103 Å².